The first-order chi connectivity index (χ1) is 12.9. The van der Waals surface area contributed by atoms with Crippen LogP contribution in [0, 0.1) is 0 Å². The monoisotopic (exact) mass is 383 g/mol. The maximum atomic E-state index is 4.45. The highest BCUT2D eigenvalue weighted by atomic mass is 32.2. The van der Waals surface area contributed by atoms with Gasteiger partial charge >= 0.3 is 0 Å². The fraction of sp³-hybridized carbons (Fsp3) is 0.211. The van der Waals surface area contributed by atoms with E-state index in [2.05, 4.69) is 67.0 Å². The number of hydrogen-bond donors (Lipinski definition) is 1. The molecule has 0 aliphatic carbocycles. The number of anilines is 1. The molecule has 0 fully saturated rings. The van der Waals surface area contributed by atoms with Gasteiger partial charge in [-0.3, -0.25) is 4.99 Å². The van der Waals surface area contributed by atoms with Crippen LogP contribution in [0.5, 0.6) is 0 Å². The van der Waals surface area contributed by atoms with Gasteiger partial charge in [-0.25, -0.2) is 14.3 Å². The molecule has 1 aliphatic rings. The van der Waals surface area contributed by atoms with Crippen molar-refractivity contribution in [1.29, 1.82) is 0 Å². The zero-order chi connectivity index (χ0) is 18.0. The van der Waals surface area contributed by atoms with E-state index in [-0.39, 0.29) is 0 Å². The predicted molar refractivity (Wildman–Crippen MR) is 114 cm³/mol. The van der Waals surface area contributed by atoms with E-state index < -0.39 is 0 Å². The molecule has 2 heterocycles. The van der Waals surface area contributed by atoms with Crippen molar-refractivity contribution in [1.82, 2.24) is 14.3 Å². The fourth-order valence-corrected chi connectivity index (χ4v) is 3.84. The van der Waals surface area contributed by atoms with Crippen LogP contribution >= 0.6 is 23.7 Å². The normalized spacial score (nSPS) is 14.6. The number of benzene rings is 1. The van der Waals surface area contributed by atoms with Crippen LogP contribution in [0.2, 0.25) is 0 Å². The summed E-state index contributed by atoms with van der Waals surface area (Å²) in [6.07, 6.45) is 6.40. The van der Waals surface area contributed by atoms with Gasteiger partial charge in [0.15, 0.2) is 0 Å². The first-order valence-electron chi connectivity index (χ1n) is 8.29. The lowest BCUT2D eigenvalue weighted by atomic mass is 10.1. The van der Waals surface area contributed by atoms with E-state index in [0.29, 0.717) is 0 Å². The van der Waals surface area contributed by atoms with E-state index in [1.165, 1.54) is 11.1 Å². The summed E-state index contributed by atoms with van der Waals surface area (Å²) in [5.74, 6) is 1.65. The summed E-state index contributed by atoms with van der Waals surface area (Å²) in [6, 6.07) is 10.3. The molecule has 1 aliphatic heterocycles. The Morgan fingerprint density at radius 1 is 1.23 bits per heavy atom. The number of thioether (sulfide) groups is 1. The maximum Gasteiger partial charge on any atom is 0.134 e. The summed E-state index contributed by atoms with van der Waals surface area (Å²) >= 11 is 3.35. The summed E-state index contributed by atoms with van der Waals surface area (Å²) in [4.78, 5) is 12.6. The lowest BCUT2D eigenvalue weighted by Crippen LogP contribution is -2.26. The Balaban J connectivity index is 1.58. The number of aromatic nitrogens is 2. The molecular weight excluding hydrogens is 362 g/mol. The van der Waals surface area contributed by atoms with Crippen LogP contribution in [-0.2, 0) is 13.0 Å². The molecule has 134 valence electrons. The highest BCUT2D eigenvalue weighted by molar-refractivity contribution is 8.02. The van der Waals surface area contributed by atoms with E-state index in [4.69, 9.17) is 0 Å². The van der Waals surface area contributed by atoms with Crippen molar-refractivity contribution in [2.24, 2.45) is 4.99 Å². The van der Waals surface area contributed by atoms with Gasteiger partial charge in [-0.05, 0) is 41.1 Å². The van der Waals surface area contributed by atoms with Crippen molar-refractivity contribution in [3.63, 3.8) is 0 Å². The van der Waals surface area contributed by atoms with Crippen molar-refractivity contribution in [2.45, 2.75) is 13.0 Å². The molecule has 3 rings (SSSR count). The second-order valence-electron chi connectivity index (χ2n) is 5.54. The van der Waals surface area contributed by atoms with Gasteiger partial charge in [0, 0.05) is 31.3 Å². The summed E-state index contributed by atoms with van der Waals surface area (Å²) in [5, 5.41) is 7.42. The molecule has 0 bridgehead atoms. The van der Waals surface area contributed by atoms with Gasteiger partial charge in [0.05, 0.1) is 11.6 Å². The molecule has 1 aromatic heterocycles. The van der Waals surface area contributed by atoms with Gasteiger partial charge in [0.2, 0.25) is 0 Å². The van der Waals surface area contributed by atoms with Crippen molar-refractivity contribution in [2.75, 3.05) is 17.7 Å². The molecule has 0 unspecified atom stereocenters. The molecule has 1 aromatic carbocycles. The molecule has 7 heteroatoms. The molecule has 0 amide bonds. The second kappa shape index (κ2) is 10.2. The highest BCUT2D eigenvalue weighted by Gasteiger charge is 2.20. The lowest BCUT2D eigenvalue weighted by Gasteiger charge is -2.27. The summed E-state index contributed by atoms with van der Waals surface area (Å²) in [7, 11) is 0. The van der Waals surface area contributed by atoms with Gasteiger partial charge in [0.1, 0.15) is 12.1 Å². The third-order valence-electron chi connectivity index (χ3n) is 3.82. The Morgan fingerprint density at radius 2 is 2.12 bits per heavy atom. The number of rotatable bonds is 8. The first kappa shape index (κ1) is 18.7. The van der Waals surface area contributed by atoms with Gasteiger partial charge in [-0.1, -0.05) is 30.3 Å². The molecule has 0 saturated carbocycles. The third kappa shape index (κ3) is 5.45. The molecule has 5 nitrogen and oxygen atoms in total. The zero-order valence-electron chi connectivity index (χ0n) is 14.4. The smallest absolute Gasteiger partial charge is 0.134 e. The molecular formula is C19H21N5S2. The van der Waals surface area contributed by atoms with Gasteiger partial charge < -0.3 is 5.32 Å². The summed E-state index contributed by atoms with van der Waals surface area (Å²) < 4.78 is 2.34. The van der Waals surface area contributed by atoms with Crippen LogP contribution < -0.4 is 5.32 Å². The zero-order valence-corrected chi connectivity index (χ0v) is 16.0. The van der Waals surface area contributed by atoms with Crippen LogP contribution in [0.25, 0.3) is 6.08 Å². The summed E-state index contributed by atoms with van der Waals surface area (Å²) in [5.41, 5.74) is 3.53. The van der Waals surface area contributed by atoms with Gasteiger partial charge in [0.25, 0.3) is 0 Å². The van der Waals surface area contributed by atoms with Crippen LogP contribution in [0.3, 0.4) is 0 Å². The second-order valence-corrected chi connectivity index (χ2v) is 7.43. The van der Waals surface area contributed by atoms with E-state index in [1.54, 1.807) is 36.2 Å². The predicted octanol–water partition coefficient (Wildman–Crippen LogP) is 4.43. The van der Waals surface area contributed by atoms with E-state index in [9.17, 15) is 0 Å². The SMILES string of the molecule is C=N/C=C\SCNc1ncnc2c1CN(S/C=C/c1ccccc1)CC2. The highest BCUT2D eigenvalue weighted by Crippen LogP contribution is 2.28. The quantitative estimate of drug-likeness (QED) is 0.315. The average molecular weight is 384 g/mol. The van der Waals surface area contributed by atoms with Crippen LogP contribution in [0.4, 0.5) is 5.82 Å². The minimum absolute atomic E-state index is 0.733. The van der Waals surface area contributed by atoms with Crippen LogP contribution in [0.1, 0.15) is 16.8 Å². The van der Waals surface area contributed by atoms with E-state index in [0.717, 1.165) is 36.9 Å². The van der Waals surface area contributed by atoms with E-state index in [1.807, 2.05) is 11.5 Å². The van der Waals surface area contributed by atoms with E-state index >= 15 is 0 Å². The molecule has 1 N–H and O–H groups in total. The molecule has 26 heavy (non-hydrogen) atoms. The minimum atomic E-state index is 0.733. The standard InChI is InChI=1S/C19H21N5S2/c1-20-9-12-25-15-23-19-17-13-24(10-7-18(17)21-14-22-19)26-11-8-16-5-3-2-4-6-16/h2-6,8-9,11-12,14H,1,7,10,13,15H2,(H,21,22,23)/b11-8+,12-9-. The molecule has 2 aromatic rings. The Kier molecular flexibility index (Phi) is 7.30. The number of fused-ring (bicyclic) bond motifs is 1. The minimum Gasteiger partial charge on any atom is -0.360 e. The molecule has 0 saturated heterocycles. The van der Waals surface area contributed by atoms with Crippen molar-refractivity contribution >= 4 is 42.3 Å². The van der Waals surface area contributed by atoms with Gasteiger partial charge in [-0.2, -0.15) is 0 Å². The molecule has 0 atom stereocenters. The van der Waals surface area contributed by atoms with Crippen molar-refractivity contribution < 1.29 is 0 Å². The number of nitrogens with one attached hydrogen (secondary N) is 1. The van der Waals surface area contributed by atoms with Crippen molar-refractivity contribution in [3.05, 3.63) is 70.5 Å². The number of hydrogen-bond acceptors (Lipinski definition) is 7. The third-order valence-corrected chi connectivity index (χ3v) is 5.32. The van der Waals surface area contributed by atoms with Gasteiger partial charge in [-0.15, -0.1) is 11.8 Å². The van der Waals surface area contributed by atoms with Crippen LogP contribution in [-0.4, -0.2) is 33.4 Å². The maximum absolute atomic E-state index is 4.45. The Morgan fingerprint density at radius 3 is 2.96 bits per heavy atom. The number of nitrogens with zero attached hydrogens (tertiary/aromatic N) is 4. The lowest BCUT2D eigenvalue weighted by molar-refractivity contribution is 0.440. The topological polar surface area (TPSA) is 53.4 Å². The van der Waals surface area contributed by atoms with Crippen molar-refractivity contribution in [3.8, 4) is 0 Å². The fourth-order valence-electron chi connectivity index (χ4n) is 2.56. The first-order valence-corrected chi connectivity index (χ1v) is 10.2. The largest absolute Gasteiger partial charge is 0.360 e. The Bertz CT molecular complexity index is 777. The average Bonchev–Trinajstić information content (AvgIpc) is 2.69. The van der Waals surface area contributed by atoms with Crippen LogP contribution in [0.15, 0.2) is 58.7 Å². The summed E-state index contributed by atoms with van der Waals surface area (Å²) in [6.45, 7) is 5.23. The molecule has 0 radical (unpaired) electrons. The number of aliphatic imine (C=N–C) groups is 1. The Hall–Kier alpha value is -2.09. The Labute approximate surface area is 162 Å². The molecule has 0 spiro atoms.